The average Bonchev–Trinajstić information content (AvgIpc) is 3.59. The summed E-state index contributed by atoms with van der Waals surface area (Å²) in [5.41, 5.74) is 3.14. The first-order valence-electron chi connectivity index (χ1n) is 10.8. The summed E-state index contributed by atoms with van der Waals surface area (Å²) in [5, 5.41) is 11.5. The van der Waals surface area contributed by atoms with E-state index >= 15 is 0 Å². The second-order valence-electron chi connectivity index (χ2n) is 8.10. The Morgan fingerprint density at radius 1 is 1.25 bits per heavy atom. The minimum atomic E-state index is -0.0321. The Balaban J connectivity index is 1.33. The van der Waals surface area contributed by atoms with Gasteiger partial charge in [-0.1, -0.05) is 23.9 Å². The number of amides is 1. The van der Waals surface area contributed by atoms with Gasteiger partial charge in [0.2, 0.25) is 0 Å². The quantitative estimate of drug-likeness (QED) is 0.427. The third-order valence-corrected chi connectivity index (χ3v) is 8.85. The number of hydrazone groups is 1. The molecule has 168 valence electrons. The molecule has 3 aromatic rings. The molecule has 1 saturated heterocycles. The van der Waals surface area contributed by atoms with Crippen LogP contribution in [0.25, 0.3) is 0 Å². The summed E-state index contributed by atoms with van der Waals surface area (Å²) in [6.07, 6.45) is 3.18. The number of rotatable bonds is 7. The zero-order valence-electron chi connectivity index (χ0n) is 18.2. The van der Waals surface area contributed by atoms with Crippen LogP contribution >= 0.6 is 34.4 Å². The summed E-state index contributed by atoms with van der Waals surface area (Å²) >= 11 is 4.85. The molecule has 6 nitrogen and oxygen atoms in total. The maximum atomic E-state index is 13.3. The molecule has 1 fully saturated rings. The predicted octanol–water partition coefficient (Wildman–Crippen LogP) is 5.27. The molecule has 32 heavy (non-hydrogen) atoms. The van der Waals surface area contributed by atoms with E-state index in [-0.39, 0.29) is 18.1 Å². The molecule has 0 radical (unpaired) electrons. The molecule has 5 rings (SSSR count). The van der Waals surface area contributed by atoms with Gasteiger partial charge in [-0.3, -0.25) is 4.79 Å². The minimum absolute atomic E-state index is 0.0157. The van der Waals surface area contributed by atoms with Crippen molar-refractivity contribution in [2.75, 3.05) is 12.4 Å². The molecule has 0 N–H and O–H groups in total. The summed E-state index contributed by atoms with van der Waals surface area (Å²) in [7, 11) is 0. The second-order valence-corrected chi connectivity index (χ2v) is 11.0. The number of thioether (sulfide) groups is 1. The molecule has 2 atom stereocenters. The summed E-state index contributed by atoms with van der Waals surface area (Å²) < 4.78 is 8.05. The SMILES string of the molecule is Cc1nc(SCC(=O)N2N=C(c3cccs3)CC2c2cccs2)n(CC2CCCO2)c1C. The van der Waals surface area contributed by atoms with Crippen molar-refractivity contribution in [2.45, 2.75) is 57.0 Å². The molecule has 0 bridgehead atoms. The lowest BCUT2D eigenvalue weighted by Crippen LogP contribution is -2.28. The van der Waals surface area contributed by atoms with Crippen LogP contribution in [0.5, 0.6) is 0 Å². The lowest BCUT2D eigenvalue weighted by molar-refractivity contribution is -0.130. The van der Waals surface area contributed by atoms with E-state index in [1.165, 1.54) is 16.6 Å². The molecule has 0 spiro atoms. The molecule has 9 heteroatoms. The largest absolute Gasteiger partial charge is 0.376 e. The van der Waals surface area contributed by atoms with Gasteiger partial charge in [-0.2, -0.15) is 5.10 Å². The number of hydrogen-bond acceptors (Lipinski definition) is 7. The Morgan fingerprint density at radius 2 is 2.09 bits per heavy atom. The van der Waals surface area contributed by atoms with E-state index in [9.17, 15) is 4.79 Å². The number of aromatic nitrogens is 2. The fourth-order valence-corrected chi connectivity index (χ4v) is 6.65. The van der Waals surface area contributed by atoms with Crippen LogP contribution < -0.4 is 0 Å². The number of aryl methyl sites for hydroxylation is 1. The van der Waals surface area contributed by atoms with Gasteiger partial charge in [-0.25, -0.2) is 9.99 Å². The standard InChI is InChI=1S/C23H26N4O2S3/c1-15-16(2)26(13-17-6-3-9-29-17)23(24-15)32-14-22(28)27-19(21-8-5-11-31-21)12-18(25-27)20-7-4-10-30-20/h4-5,7-8,10-11,17,19H,3,6,9,12-14H2,1-2H3. The highest BCUT2D eigenvalue weighted by Crippen LogP contribution is 2.36. The van der Waals surface area contributed by atoms with Gasteiger partial charge in [0.15, 0.2) is 5.16 Å². The van der Waals surface area contributed by atoms with Gasteiger partial charge >= 0.3 is 0 Å². The van der Waals surface area contributed by atoms with E-state index in [4.69, 9.17) is 14.8 Å². The zero-order valence-corrected chi connectivity index (χ0v) is 20.6. The first-order valence-corrected chi connectivity index (χ1v) is 13.6. The van der Waals surface area contributed by atoms with Crippen LogP contribution in [0.4, 0.5) is 0 Å². The topological polar surface area (TPSA) is 59.7 Å². The van der Waals surface area contributed by atoms with E-state index < -0.39 is 0 Å². The van der Waals surface area contributed by atoms with Gasteiger partial charge in [-0.15, -0.1) is 22.7 Å². The molecule has 2 aliphatic rings. The Hall–Kier alpha value is -1.94. The number of carbonyl (C=O) groups is 1. The third kappa shape index (κ3) is 4.44. The Morgan fingerprint density at radius 3 is 2.81 bits per heavy atom. The van der Waals surface area contributed by atoms with E-state index in [2.05, 4.69) is 34.4 Å². The molecule has 2 aliphatic heterocycles. The molecule has 0 aliphatic carbocycles. The Labute approximate surface area is 200 Å². The fourth-order valence-electron chi connectivity index (χ4n) is 4.17. The van der Waals surface area contributed by atoms with E-state index in [0.717, 1.165) is 59.5 Å². The smallest absolute Gasteiger partial charge is 0.253 e. The highest BCUT2D eigenvalue weighted by atomic mass is 32.2. The first kappa shape index (κ1) is 21.9. The molecular weight excluding hydrogens is 460 g/mol. The summed E-state index contributed by atoms with van der Waals surface area (Å²) in [6.45, 7) is 5.75. The maximum Gasteiger partial charge on any atom is 0.253 e. The number of carbonyl (C=O) groups excluding carboxylic acids is 1. The van der Waals surface area contributed by atoms with Crippen molar-refractivity contribution in [3.8, 4) is 0 Å². The van der Waals surface area contributed by atoms with Crippen molar-refractivity contribution in [1.29, 1.82) is 0 Å². The summed E-state index contributed by atoms with van der Waals surface area (Å²) in [6, 6.07) is 8.20. The molecule has 1 amide bonds. The average molecular weight is 487 g/mol. The van der Waals surface area contributed by atoms with Gasteiger partial charge in [0.25, 0.3) is 5.91 Å². The van der Waals surface area contributed by atoms with Crippen LogP contribution in [0.15, 0.2) is 45.3 Å². The van der Waals surface area contributed by atoms with Crippen molar-refractivity contribution in [3.63, 3.8) is 0 Å². The summed E-state index contributed by atoms with van der Waals surface area (Å²) in [5.74, 6) is 0.326. The zero-order chi connectivity index (χ0) is 22.1. The minimum Gasteiger partial charge on any atom is -0.376 e. The van der Waals surface area contributed by atoms with Gasteiger partial charge < -0.3 is 9.30 Å². The number of thiophene rings is 2. The van der Waals surface area contributed by atoms with Gasteiger partial charge in [0, 0.05) is 23.6 Å². The van der Waals surface area contributed by atoms with Crippen molar-refractivity contribution >= 4 is 46.1 Å². The van der Waals surface area contributed by atoms with E-state index in [1.807, 2.05) is 19.1 Å². The van der Waals surface area contributed by atoms with Gasteiger partial charge in [-0.05, 0) is 49.6 Å². The molecule has 5 heterocycles. The van der Waals surface area contributed by atoms with Crippen LogP contribution in [0.2, 0.25) is 0 Å². The first-order chi connectivity index (χ1) is 15.6. The Bertz CT molecular complexity index is 1100. The maximum absolute atomic E-state index is 13.3. The van der Waals surface area contributed by atoms with Crippen molar-refractivity contribution in [3.05, 3.63) is 56.2 Å². The van der Waals surface area contributed by atoms with Crippen LogP contribution in [0, 0.1) is 13.8 Å². The van der Waals surface area contributed by atoms with Crippen LogP contribution in [0.3, 0.4) is 0 Å². The summed E-state index contributed by atoms with van der Waals surface area (Å²) in [4.78, 5) is 20.4. The fraction of sp³-hybridized carbons (Fsp3) is 0.435. The van der Waals surface area contributed by atoms with Crippen LogP contribution in [-0.2, 0) is 16.1 Å². The van der Waals surface area contributed by atoms with E-state index in [1.54, 1.807) is 27.7 Å². The number of imidazole rings is 1. The third-order valence-electron chi connectivity index (χ3n) is 6.00. The normalized spacial score (nSPS) is 20.8. The van der Waals surface area contributed by atoms with Crippen molar-refractivity contribution in [1.82, 2.24) is 14.6 Å². The highest BCUT2D eigenvalue weighted by Gasteiger charge is 2.34. The lowest BCUT2D eigenvalue weighted by atomic mass is 10.1. The molecule has 3 aromatic heterocycles. The van der Waals surface area contributed by atoms with Gasteiger partial charge in [0.1, 0.15) is 0 Å². The van der Waals surface area contributed by atoms with Crippen molar-refractivity contribution in [2.24, 2.45) is 5.10 Å². The highest BCUT2D eigenvalue weighted by molar-refractivity contribution is 7.99. The number of nitrogens with zero attached hydrogens (tertiary/aromatic N) is 4. The molecule has 0 saturated carbocycles. The molecular formula is C23H26N4O2S3. The predicted molar refractivity (Wildman–Crippen MR) is 131 cm³/mol. The van der Waals surface area contributed by atoms with Gasteiger partial charge in [0.05, 0.1) is 40.7 Å². The number of hydrogen-bond donors (Lipinski definition) is 0. The monoisotopic (exact) mass is 486 g/mol. The van der Waals surface area contributed by atoms with E-state index in [0.29, 0.717) is 5.75 Å². The number of ether oxygens (including phenoxy) is 1. The van der Waals surface area contributed by atoms with Crippen molar-refractivity contribution < 1.29 is 9.53 Å². The molecule has 2 unspecified atom stereocenters. The second kappa shape index (κ2) is 9.51. The molecule has 0 aromatic carbocycles. The van der Waals surface area contributed by atoms with Crippen LogP contribution in [0.1, 0.15) is 46.4 Å². The Kier molecular flexibility index (Phi) is 6.50. The lowest BCUT2D eigenvalue weighted by Gasteiger charge is -2.20. The van der Waals surface area contributed by atoms with Crippen LogP contribution in [-0.4, -0.2) is 44.6 Å².